The maximum absolute atomic E-state index is 5.90. The van der Waals surface area contributed by atoms with Gasteiger partial charge >= 0.3 is 0 Å². The fourth-order valence-corrected chi connectivity index (χ4v) is 3.29. The molecule has 2 aliphatic heterocycles. The highest BCUT2D eigenvalue weighted by molar-refractivity contribution is 5.45. The van der Waals surface area contributed by atoms with Crippen molar-refractivity contribution in [2.45, 2.75) is 45.6 Å². The molecule has 2 saturated heterocycles. The van der Waals surface area contributed by atoms with Crippen molar-refractivity contribution in [2.24, 2.45) is 5.92 Å². The molecule has 0 spiro atoms. The van der Waals surface area contributed by atoms with Gasteiger partial charge in [-0.15, -0.1) is 0 Å². The average Bonchev–Trinajstić information content (AvgIpc) is 3.09. The Kier molecular flexibility index (Phi) is 3.63. The predicted octanol–water partition coefficient (Wildman–Crippen LogP) is 1.68. The Morgan fingerprint density at radius 1 is 1.00 bits per heavy atom. The molecule has 3 heterocycles. The first-order valence-corrected chi connectivity index (χ1v) is 7.68. The minimum Gasteiger partial charge on any atom is -0.368 e. The molecular formula is C14H24N6. The van der Waals surface area contributed by atoms with E-state index in [2.05, 4.69) is 38.6 Å². The standard InChI is InChI=1S/C14H24N6/c1-10(2)11-6-5-9-20(11)14-17-12(15)16-13(18-14)19-7-3-4-8-19/h10-11H,3-9H2,1-2H3,(H2,15,16,17,18). The summed E-state index contributed by atoms with van der Waals surface area (Å²) in [6, 6.07) is 0.517. The van der Waals surface area contributed by atoms with Gasteiger partial charge in [0.2, 0.25) is 17.8 Å². The monoisotopic (exact) mass is 276 g/mol. The van der Waals surface area contributed by atoms with Crippen molar-refractivity contribution < 1.29 is 0 Å². The number of nitrogens with zero attached hydrogens (tertiary/aromatic N) is 5. The summed E-state index contributed by atoms with van der Waals surface area (Å²) in [6.07, 6.45) is 4.83. The normalized spacial score (nSPS) is 23.1. The predicted molar refractivity (Wildman–Crippen MR) is 80.9 cm³/mol. The smallest absolute Gasteiger partial charge is 0.232 e. The summed E-state index contributed by atoms with van der Waals surface area (Å²) in [4.78, 5) is 17.9. The van der Waals surface area contributed by atoms with Crippen LogP contribution in [-0.4, -0.2) is 40.6 Å². The topological polar surface area (TPSA) is 71.2 Å². The van der Waals surface area contributed by atoms with Crippen LogP contribution in [-0.2, 0) is 0 Å². The van der Waals surface area contributed by atoms with E-state index in [-0.39, 0.29) is 0 Å². The Morgan fingerprint density at radius 3 is 2.40 bits per heavy atom. The van der Waals surface area contributed by atoms with Crippen LogP contribution in [0, 0.1) is 5.92 Å². The highest BCUT2D eigenvalue weighted by atomic mass is 15.4. The van der Waals surface area contributed by atoms with Gasteiger partial charge in [0.15, 0.2) is 0 Å². The molecular weight excluding hydrogens is 252 g/mol. The second kappa shape index (κ2) is 5.42. The number of anilines is 3. The van der Waals surface area contributed by atoms with Crippen molar-refractivity contribution in [1.82, 2.24) is 15.0 Å². The van der Waals surface area contributed by atoms with Crippen molar-refractivity contribution in [1.29, 1.82) is 0 Å². The number of nitrogen functional groups attached to an aromatic ring is 1. The van der Waals surface area contributed by atoms with Crippen LogP contribution in [0.2, 0.25) is 0 Å². The zero-order chi connectivity index (χ0) is 14.1. The molecule has 6 heteroatoms. The Labute approximate surface area is 120 Å². The number of hydrogen-bond donors (Lipinski definition) is 1. The minimum absolute atomic E-state index is 0.339. The Balaban J connectivity index is 1.89. The van der Waals surface area contributed by atoms with Crippen molar-refractivity contribution in [3.05, 3.63) is 0 Å². The summed E-state index contributed by atoms with van der Waals surface area (Å²) in [7, 11) is 0. The number of nitrogens with two attached hydrogens (primary N) is 1. The molecule has 2 aliphatic rings. The van der Waals surface area contributed by atoms with Crippen LogP contribution in [0.15, 0.2) is 0 Å². The molecule has 2 N–H and O–H groups in total. The summed E-state index contributed by atoms with van der Waals surface area (Å²) in [5.74, 6) is 2.45. The van der Waals surface area contributed by atoms with Crippen LogP contribution < -0.4 is 15.5 Å². The lowest BCUT2D eigenvalue weighted by atomic mass is 10.0. The van der Waals surface area contributed by atoms with E-state index in [1.165, 1.54) is 25.7 Å². The molecule has 2 fully saturated rings. The van der Waals surface area contributed by atoms with Gasteiger partial charge < -0.3 is 15.5 Å². The van der Waals surface area contributed by atoms with Crippen molar-refractivity contribution in [3.8, 4) is 0 Å². The van der Waals surface area contributed by atoms with Gasteiger partial charge in [-0.25, -0.2) is 0 Å². The number of rotatable bonds is 3. The van der Waals surface area contributed by atoms with Crippen LogP contribution in [0.5, 0.6) is 0 Å². The third-order valence-electron chi connectivity index (χ3n) is 4.34. The first-order valence-electron chi connectivity index (χ1n) is 7.68. The molecule has 1 aromatic rings. The van der Waals surface area contributed by atoms with Gasteiger partial charge in [-0.2, -0.15) is 15.0 Å². The molecule has 0 amide bonds. The Hall–Kier alpha value is -1.59. The van der Waals surface area contributed by atoms with E-state index in [1.54, 1.807) is 0 Å². The highest BCUT2D eigenvalue weighted by Crippen LogP contribution is 2.29. The molecule has 110 valence electrons. The summed E-state index contributed by atoms with van der Waals surface area (Å²) >= 11 is 0. The van der Waals surface area contributed by atoms with E-state index in [4.69, 9.17) is 5.73 Å². The molecule has 0 aromatic carbocycles. The molecule has 0 aliphatic carbocycles. The van der Waals surface area contributed by atoms with Gasteiger partial charge in [-0.05, 0) is 31.6 Å². The fraction of sp³-hybridized carbons (Fsp3) is 0.786. The molecule has 3 rings (SSSR count). The molecule has 0 radical (unpaired) electrons. The molecule has 1 aromatic heterocycles. The van der Waals surface area contributed by atoms with Gasteiger partial charge in [-0.1, -0.05) is 13.8 Å². The minimum atomic E-state index is 0.339. The largest absolute Gasteiger partial charge is 0.368 e. The summed E-state index contributed by atoms with van der Waals surface area (Å²) < 4.78 is 0. The summed E-state index contributed by atoms with van der Waals surface area (Å²) in [6.45, 7) is 7.59. The molecule has 6 nitrogen and oxygen atoms in total. The van der Waals surface area contributed by atoms with Gasteiger partial charge in [-0.3, -0.25) is 0 Å². The van der Waals surface area contributed by atoms with Crippen molar-refractivity contribution in [3.63, 3.8) is 0 Å². The van der Waals surface area contributed by atoms with Crippen LogP contribution in [0.1, 0.15) is 39.5 Å². The van der Waals surface area contributed by atoms with Crippen LogP contribution >= 0.6 is 0 Å². The quantitative estimate of drug-likeness (QED) is 0.905. The van der Waals surface area contributed by atoms with E-state index in [0.29, 0.717) is 17.9 Å². The fourth-order valence-electron chi connectivity index (χ4n) is 3.29. The third-order valence-corrected chi connectivity index (χ3v) is 4.34. The second-order valence-corrected chi connectivity index (χ2v) is 6.13. The Bertz CT molecular complexity index is 469. The number of hydrogen-bond acceptors (Lipinski definition) is 6. The zero-order valence-corrected chi connectivity index (χ0v) is 12.4. The SMILES string of the molecule is CC(C)C1CCCN1c1nc(N)nc(N2CCCC2)n1. The lowest BCUT2D eigenvalue weighted by Gasteiger charge is -2.28. The summed E-state index contributed by atoms with van der Waals surface area (Å²) in [5, 5.41) is 0. The second-order valence-electron chi connectivity index (χ2n) is 6.13. The van der Waals surface area contributed by atoms with Gasteiger partial charge in [0.1, 0.15) is 0 Å². The first kappa shape index (κ1) is 13.4. The molecule has 1 unspecified atom stereocenters. The molecule has 0 saturated carbocycles. The highest BCUT2D eigenvalue weighted by Gasteiger charge is 2.30. The van der Waals surface area contributed by atoms with E-state index in [1.807, 2.05) is 0 Å². The zero-order valence-electron chi connectivity index (χ0n) is 12.4. The maximum atomic E-state index is 5.90. The van der Waals surface area contributed by atoms with Crippen LogP contribution in [0.25, 0.3) is 0 Å². The third kappa shape index (κ3) is 2.51. The maximum Gasteiger partial charge on any atom is 0.232 e. The van der Waals surface area contributed by atoms with Gasteiger partial charge in [0.25, 0.3) is 0 Å². The van der Waals surface area contributed by atoms with Gasteiger partial charge in [0, 0.05) is 25.7 Å². The van der Waals surface area contributed by atoms with E-state index >= 15 is 0 Å². The lowest BCUT2D eigenvalue weighted by Crippen LogP contribution is -2.35. The average molecular weight is 276 g/mol. The lowest BCUT2D eigenvalue weighted by molar-refractivity contribution is 0.486. The number of aromatic nitrogens is 3. The van der Waals surface area contributed by atoms with Crippen LogP contribution in [0.4, 0.5) is 17.8 Å². The molecule has 20 heavy (non-hydrogen) atoms. The van der Waals surface area contributed by atoms with Gasteiger partial charge in [0.05, 0.1) is 0 Å². The Morgan fingerprint density at radius 2 is 1.70 bits per heavy atom. The molecule has 0 bridgehead atoms. The van der Waals surface area contributed by atoms with Crippen LogP contribution in [0.3, 0.4) is 0 Å². The van der Waals surface area contributed by atoms with Crippen molar-refractivity contribution >= 4 is 17.8 Å². The van der Waals surface area contributed by atoms with E-state index < -0.39 is 0 Å². The first-order chi connectivity index (χ1) is 9.65. The summed E-state index contributed by atoms with van der Waals surface area (Å²) in [5.41, 5.74) is 5.90. The van der Waals surface area contributed by atoms with E-state index in [9.17, 15) is 0 Å². The van der Waals surface area contributed by atoms with Crippen molar-refractivity contribution in [2.75, 3.05) is 35.2 Å². The van der Waals surface area contributed by atoms with E-state index in [0.717, 1.165) is 31.5 Å². The molecule has 1 atom stereocenters.